The summed E-state index contributed by atoms with van der Waals surface area (Å²) < 4.78 is 60.8. The molecule has 0 spiro atoms. The Balaban J connectivity index is 2.75. The van der Waals surface area contributed by atoms with Gasteiger partial charge in [-0.3, -0.25) is 14.9 Å². The zero-order valence-corrected chi connectivity index (χ0v) is 9.58. The van der Waals surface area contributed by atoms with Crippen molar-refractivity contribution in [1.82, 2.24) is 5.32 Å². The Bertz CT molecular complexity index is 530. The van der Waals surface area contributed by atoms with Gasteiger partial charge in [0.1, 0.15) is 0 Å². The summed E-state index contributed by atoms with van der Waals surface area (Å²) in [6.45, 7) is -0.688. The standard InChI is InChI=1S/C10H7F5N2O3/c11-9(12,10(13,14)15)8(18)16-5-6-2-1-3-7(4-6)17(19)20/h1-4H,5H2,(H,16,18). The minimum absolute atomic E-state index is 0.0190. The zero-order chi connectivity index (χ0) is 15.6. The van der Waals surface area contributed by atoms with E-state index in [4.69, 9.17) is 0 Å². The number of amides is 1. The third-order valence-corrected chi connectivity index (χ3v) is 2.22. The summed E-state index contributed by atoms with van der Waals surface area (Å²) in [7, 11) is 0. The van der Waals surface area contributed by atoms with Gasteiger partial charge in [0.15, 0.2) is 0 Å². The second-order valence-corrected chi connectivity index (χ2v) is 3.68. The first kappa shape index (κ1) is 15.8. The van der Waals surface area contributed by atoms with Gasteiger partial charge in [-0.15, -0.1) is 0 Å². The summed E-state index contributed by atoms with van der Waals surface area (Å²) in [4.78, 5) is 20.5. The van der Waals surface area contributed by atoms with E-state index in [9.17, 15) is 36.9 Å². The number of nitrogens with one attached hydrogen (secondary N) is 1. The van der Waals surface area contributed by atoms with Gasteiger partial charge in [0.2, 0.25) is 0 Å². The second-order valence-electron chi connectivity index (χ2n) is 3.68. The maximum absolute atomic E-state index is 12.6. The molecule has 0 unspecified atom stereocenters. The molecule has 1 N–H and O–H groups in total. The molecule has 1 aromatic carbocycles. The highest BCUT2D eigenvalue weighted by Gasteiger charge is 2.63. The van der Waals surface area contributed by atoms with Gasteiger partial charge < -0.3 is 5.32 Å². The Hall–Kier alpha value is -2.26. The molecular weight excluding hydrogens is 291 g/mol. The van der Waals surface area contributed by atoms with E-state index in [-0.39, 0.29) is 11.3 Å². The molecule has 0 aliphatic rings. The van der Waals surface area contributed by atoms with Crippen LogP contribution in [0.25, 0.3) is 0 Å². The van der Waals surface area contributed by atoms with Crippen molar-refractivity contribution in [2.45, 2.75) is 18.6 Å². The molecule has 5 nitrogen and oxygen atoms in total. The number of nitro groups is 1. The maximum Gasteiger partial charge on any atom is 0.463 e. The van der Waals surface area contributed by atoms with Crippen LogP contribution in [0, 0.1) is 10.1 Å². The lowest BCUT2D eigenvalue weighted by atomic mass is 10.2. The Kier molecular flexibility index (Phi) is 4.26. The molecule has 0 aliphatic heterocycles. The van der Waals surface area contributed by atoms with E-state index in [0.29, 0.717) is 0 Å². The number of non-ortho nitro benzene ring substituents is 1. The van der Waals surface area contributed by atoms with Crippen molar-refractivity contribution in [2.75, 3.05) is 0 Å². The van der Waals surface area contributed by atoms with E-state index in [1.807, 2.05) is 0 Å². The highest BCUT2D eigenvalue weighted by Crippen LogP contribution is 2.35. The molecule has 0 bridgehead atoms. The fourth-order valence-corrected chi connectivity index (χ4v) is 1.20. The lowest BCUT2D eigenvalue weighted by Gasteiger charge is -2.18. The SMILES string of the molecule is O=C(NCc1cccc([N+](=O)[O-])c1)C(F)(F)C(F)(F)F. The normalized spacial score (nSPS) is 12.1. The zero-order valence-electron chi connectivity index (χ0n) is 9.58. The number of hydrogen-bond acceptors (Lipinski definition) is 3. The molecule has 1 rings (SSSR count). The summed E-state index contributed by atoms with van der Waals surface area (Å²) >= 11 is 0. The number of nitrogens with zero attached hydrogens (tertiary/aromatic N) is 1. The van der Waals surface area contributed by atoms with Crippen molar-refractivity contribution in [2.24, 2.45) is 0 Å². The molecule has 0 radical (unpaired) electrons. The van der Waals surface area contributed by atoms with Gasteiger partial charge in [0.25, 0.3) is 5.69 Å². The van der Waals surface area contributed by atoms with Crippen molar-refractivity contribution in [3.8, 4) is 0 Å². The highest BCUT2D eigenvalue weighted by atomic mass is 19.4. The molecule has 1 aromatic rings. The van der Waals surface area contributed by atoms with Crippen LogP contribution in [-0.2, 0) is 11.3 Å². The number of carbonyl (C=O) groups excluding carboxylic acids is 1. The average Bonchev–Trinajstić information content (AvgIpc) is 2.34. The third-order valence-electron chi connectivity index (χ3n) is 2.22. The molecule has 0 aromatic heterocycles. The monoisotopic (exact) mass is 298 g/mol. The van der Waals surface area contributed by atoms with E-state index in [1.165, 1.54) is 17.4 Å². The van der Waals surface area contributed by atoms with Gasteiger partial charge in [-0.05, 0) is 5.56 Å². The van der Waals surface area contributed by atoms with Gasteiger partial charge in [-0.1, -0.05) is 12.1 Å². The Morgan fingerprint density at radius 3 is 2.35 bits per heavy atom. The summed E-state index contributed by atoms with van der Waals surface area (Å²) in [5.41, 5.74) is -0.357. The van der Waals surface area contributed by atoms with Crippen molar-refractivity contribution < 1.29 is 31.7 Å². The number of halogens is 5. The lowest BCUT2D eigenvalue weighted by molar-refractivity contribution is -0.384. The average molecular weight is 298 g/mol. The molecule has 0 fully saturated rings. The Morgan fingerprint density at radius 1 is 1.25 bits per heavy atom. The lowest BCUT2D eigenvalue weighted by Crippen LogP contribution is -2.50. The van der Waals surface area contributed by atoms with E-state index in [1.54, 1.807) is 0 Å². The number of hydrogen-bond donors (Lipinski definition) is 1. The minimum atomic E-state index is -6.00. The van der Waals surface area contributed by atoms with Crippen LogP contribution in [0.1, 0.15) is 5.56 Å². The van der Waals surface area contributed by atoms with Gasteiger partial charge in [0, 0.05) is 18.7 Å². The number of nitro benzene ring substituents is 1. The molecule has 20 heavy (non-hydrogen) atoms. The fraction of sp³-hybridized carbons (Fsp3) is 0.300. The molecule has 1 amide bonds. The van der Waals surface area contributed by atoms with E-state index < -0.39 is 29.5 Å². The van der Waals surface area contributed by atoms with Crippen LogP contribution >= 0.6 is 0 Å². The van der Waals surface area contributed by atoms with Crippen LogP contribution < -0.4 is 5.32 Å². The quantitative estimate of drug-likeness (QED) is 0.527. The van der Waals surface area contributed by atoms with Crippen LogP contribution in [0.15, 0.2) is 24.3 Å². The molecule has 110 valence electrons. The maximum atomic E-state index is 12.6. The summed E-state index contributed by atoms with van der Waals surface area (Å²) in [6.07, 6.45) is -6.00. The topological polar surface area (TPSA) is 72.2 Å². The van der Waals surface area contributed by atoms with Gasteiger partial charge >= 0.3 is 18.0 Å². The third kappa shape index (κ3) is 3.39. The van der Waals surface area contributed by atoms with Crippen molar-refractivity contribution in [3.63, 3.8) is 0 Å². The number of benzene rings is 1. The van der Waals surface area contributed by atoms with E-state index >= 15 is 0 Å². The van der Waals surface area contributed by atoms with Gasteiger partial charge in [0.05, 0.1) is 4.92 Å². The van der Waals surface area contributed by atoms with Crippen LogP contribution in [-0.4, -0.2) is 22.9 Å². The number of rotatable bonds is 4. The molecule has 0 atom stereocenters. The molecule has 10 heteroatoms. The Morgan fingerprint density at radius 2 is 1.85 bits per heavy atom. The van der Waals surface area contributed by atoms with E-state index in [2.05, 4.69) is 0 Å². The highest BCUT2D eigenvalue weighted by molar-refractivity contribution is 5.84. The first-order valence-electron chi connectivity index (χ1n) is 5.02. The molecule has 0 saturated heterocycles. The molecule has 0 aliphatic carbocycles. The van der Waals surface area contributed by atoms with Crippen molar-refractivity contribution in [3.05, 3.63) is 39.9 Å². The fourth-order valence-electron chi connectivity index (χ4n) is 1.20. The van der Waals surface area contributed by atoms with Crippen LogP contribution in [0.2, 0.25) is 0 Å². The van der Waals surface area contributed by atoms with Gasteiger partial charge in [-0.25, -0.2) is 0 Å². The number of carbonyl (C=O) groups is 1. The molecular formula is C10H7F5N2O3. The predicted octanol–water partition coefficient (Wildman–Crippen LogP) is 2.41. The van der Waals surface area contributed by atoms with Crippen LogP contribution in [0.4, 0.5) is 27.6 Å². The largest absolute Gasteiger partial charge is 0.463 e. The summed E-state index contributed by atoms with van der Waals surface area (Å²) in [5.74, 6) is -8.04. The van der Waals surface area contributed by atoms with Gasteiger partial charge in [-0.2, -0.15) is 22.0 Å². The summed E-state index contributed by atoms with van der Waals surface area (Å²) in [6, 6.07) is 4.50. The van der Waals surface area contributed by atoms with Crippen LogP contribution in [0.3, 0.4) is 0 Å². The smallest absolute Gasteiger partial charge is 0.346 e. The second kappa shape index (κ2) is 5.39. The minimum Gasteiger partial charge on any atom is -0.346 e. The summed E-state index contributed by atoms with van der Waals surface area (Å²) in [5, 5.41) is 11.8. The molecule has 0 saturated carbocycles. The van der Waals surface area contributed by atoms with Crippen LogP contribution in [0.5, 0.6) is 0 Å². The first-order chi connectivity index (χ1) is 9.05. The van der Waals surface area contributed by atoms with Crippen molar-refractivity contribution >= 4 is 11.6 Å². The van der Waals surface area contributed by atoms with Crippen molar-refractivity contribution in [1.29, 1.82) is 0 Å². The molecule has 0 heterocycles. The predicted molar refractivity (Wildman–Crippen MR) is 55.9 cm³/mol. The number of alkyl halides is 5. The Labute approximate surface area is 108 Å². The van der Waals surface area contributed by atoms with E-state index in [0.717, 1.165) is 12.1 Å². The first-order valence-corrected chi connectivity index (χ1v) is 5.02.